The van der Waals surface area contributed by atoms with Gasteiger partial charge in [0.15, 0.2) is 11.5 Å². The smallest absolute Gasteiger partial charge is 0.276 e. The highest BCUT2D eigenvalue weighted by Crippen LogP contribution is 2.37. The first-order valence-electron chi connectivity index (χ1n) is 5.06. The molecule has 5 nitrogen and oxygen atoms in total. The van der Waals surface area contributed by atoms with E-state index in [0.29, 0.717) is 22.8 Å². The number of methoxy groups -OCH3 is 2. The predicted octanol–water partition coefficient (Wildman–Crippen LogP) is 2.65. The molecule has 0 aliphatic rings. The lowest BCUT2D eigenvalue weighted by Gasteiger charge is -2.13. The molecule has 0 saturated heterocycles. The molecule has 0 aliphatic carbocycles. The average molecular weight is 257 g/mol. The zero-order valence-electron chi connectivity index (χ0n) is 9.97. The maximum absolute atomic E-state index is 11.0. The zero-order chi connectivity index (χ0) is 13.0. The van der Waals surface area contributed by atoms with Gasteiger partial charge >= 0.3 is 0 Å². The summed E-state index contributed by atoms with van der Waals surface area (Å²) in [6.45, 7) is 1.88. The molecular formula is C11H15NO4S. The van der Waals surface area contributed by atoms with E-state index in [9.17, 15) is 10.1 Å². The van der Waals surface area contributed by atoms with Crippen LogP contribution in [-0.2, 0) is 0 Å². The molecule has 0 fully saturated rings. The molecule has 1 atom stereocenters. The Balaban J connectivity index is 3.40. The fourth-order valence-corrected chi connectivity index (χ4v) is 1.73. The van der Waals surface area contributed by atoms with Gasteiger partial charge in [-0.15, -0.1) is 0 Å². The first kappa shape index (κ1) is 13.6. The van der Waals surface area contributed by atoms with E-state index in [4.69, 9.17) is 9.47 Å². The van der Waals surface area contributed by atoms with E-state index in [0.717, 1.165) is 0 Å². The van der Waals surface area contributed by atoms with E-state index in [-0.39, 0.29) is 11.6 Å². The Labute approximate surface area is 105 Å². The van der Waals surface area contributed by atoms with Crippen LogP contribution in [0.2, 0.25) is 0 Å². The molecule has 0 aromatic heterocycles. The summed E-state index contributed by atoms with van der Waals surface area (Å²) in [6.07, 6.45) is 0. The Hall–Kier alpha value is -1.43. The zero-order valence-corrected chi connectivity index (χ0v) is 10.9. The normalized spacial score (nSPS) is 12.0. The van der Waals surface area contributed by atoms with Gasteiger partial charge in [-0.2, -0.15) is 12.6 Å². The van der Waals surface area contributed by atoms with E-state index < -0.39 is 4.92 Å². The van der Waals surface area contributed by atoms with Gasteiger partial charge in [-0.1, -0.05) is 6.92 Å². The van der Waals surface area contributed by atoms with E-state index in [1.807, 2.05) is 6.92 Å². The number of thiol groups is 1. The number of ether oxygens (including phenoxy) is 2. The number of hydrogen-bond acceptors (Lipinski definition) is 5. The van der Waals surface area contributed by atoms with Crippen LogP contribution in [0.25, 0.3) is 0 Å². The minimum Gasteiger partial charge on any atom is -0.493 e. The summed E-state index contributed by atoms with van der Waals surface area (Å²) in [5.41, 5.74) is 0.631. The summed E-state index contributed by atoms with van der Waals surface area (Å²) in [5.74, 6) is 1.34. The van der Waals surface area contributed by atoms with Crippen molar-refractivity contribution in [2.24, 2.45) is 0 Å². The maximum atomic E-state index is 11.0. The van der Waals surface area contributed by atoms with Crippen molar-refractivity contribution >= 4 is 18.3 Å². The molecule has 0 aliphatic heterocycles. The second-order valence-electron chi connectivity index (χ2n) is 3.61. The lowest BCUT2D eigenvalue weighted by atomic mass is 10.0. The highest BCUT2D eigenvalue weighted by Gasteiger charge is 2.22. The lowest BCUT2D eigenvalue weighted by molar-refractivity contribution is -0.385. The lowest BCUT2D eigenvalue weighted by Crippen LogP contribution is -2.03. The van der Waals surface area contributed by atoms with Crippen LogP contribution in [0.1, 0.15) is 18.4 Å². The van der Waals surface area contributed by atoms with Gasteiger partial charge in [0.25, 0.3) is 5.69 Å². The van der Waals surface area contributed by atoms with Gasteiger partial charge in [-0.3, -0.25) is 10.1 Å². The van der Waals surface area contributed by atoms with Gasteiger partial charge in [-0.25, -0.2) is 0 Å². The van der Waals surface area contributed by atoms with E-state index in [2.05, 4.69) is 12.6 Å². The Morgan fingerprint density at radius 1 is 1.35 bits per heavy atom. The average Bonchev–Trinajstić information content (AvgIpc) is 2.35. The first-order valence-corrected chi connectivity index (χ1v) is 5.69. The van der Waals surface area contributed by atoms with Gasteiger partial charge < -0.3 is 9.47 Å². The van der Waals surface area contributed by atoms with E-state index in [1.165, 1.54) is 20.3 Å². The summed E-state index contributed by atoms with van der Waals surface area (Å²) in [4.78, 5) is 10.6. The summed E-state index contributed by atoms with van der Waals surface area (Å²) >= 11 is 4.16. The molecule has 0 amide bonds. The van der Waals surface area contributed by atoms with Gasteiger partial charge in [0.2, 0.25) is 0 Å². The van der Waals surface area contributed by atoms with E-state index >= 15 is 0 Å². The number of nitro groups is 1. The Kier molecular flexibility index (Phi) is 4.62. The molecule has 6 heteroatoms. The minimum absolute atomic E-state index is 0.0291. The second-order valence-corrected chi connectivity index (χ2v) is 3.97. The van der Waals surface area contributed by atoms with Gasteiger partial charge in [0.1, 0.15) is 0 Å². The standard InChI is InChI=1S/C11H15NO4S/c1-7(6-17)8-4-10(15-2)11(16-3)5-9(8)12(13)14/h4-5,7,17H,6H2,1-3H3. The van der Waals surface area contributed by atoms with Crippen LogP contribution in [0, 0.1) is 10.1 Å². The molecule has 1 aromatic carbocycles. The van der Waals surface area contributed by atoms with Gasteiger partial charge in [0, 0.05) is 5.56 Å². The van der Waals surface area contributed by atoms with Crippen molar-refractivity contribution in [3.05, 3.63) is 27.8 Å². The molecule has 1 aromatic rings. The Morgan fingerprint density at radius 2 is 1.88 bits per heavy atom. The molecule has 1 unspecified atom stereocenters. The van der Waals surface area contributed by atoms with Crippen molar-refractivity contribution in [1.82, 2.24) is 0 Å². The van der Waals surface area contributed by atoms with Crippen molar-refractivity contribution in [2.45, 2.75) is 12.8 Å². The maximum Gasteiger partial charge on any atom is 0.276 e. The molecule has 0 heterocycles. The molecule has 0 bridgehead atoms. The van der Waals surface area contributed by atoms with Crippen LogP contribution in [-0.4, -0.2) is 24.9 Å². The number of rotatable bonds is 5. The van der Waals surface area contributed by atoms with E-state index in [1.54, 1.807) is 6.07 Å². The third-order valence-electron chi connectivity index (χ3n) is 2.53. The van der Waals surface area contributed by atoms with Crippen molar-refractivity contribution in [3.63, 3.8) is 0 Å². The van der Waals surface area contributed by atoms with Crippen LogP contribution in [0.15, 0.2) is 12.1 Å². The van der Waals surface area contributed by atoms with Crippen LogP contribution < -0.4 is 9.47 Å². The third kappa shape index (κ3) is 2.82. The number of hydrogen-bond donors (Lipinski definition) is 1. The molecule has 0 radical (unpaired) electrons. The summed E-state index contributed by atoms with van der Waals surface area (Å²) in [5, 5.41) is 11.0. The number of nitro benzene ring substituents is 1. The highest BCUT2D eigenvalue weighted by atomic mass is 32.1. The van der Waals surface area contributed by atoms with Gasteiger partial charge in [0.05, 0.1) is 25.2 Å². The summed E-state index contributed by atoms with van der Waals surface area (Å²) in [7, 11) is 2.95. The monoisotopic (exact) mass is 257 g/mol. The van der Waals surface area contributed by atoms with Crippen LogP contribution in [0.4, 0.5) is 5.69 Å². The number of nitrogens with zero attached hydrogens (tertiary/aromatic N) is 1. The molecular weight excluding hydrogens is 242 g/mol. The fraction of sp³-hybridized carbons (Fsp3) is 0.455. The summed E-state index contributed by atoms with van der Waals surface area (Å²) in [6, 6.07) is 3.02. The second kappa shape index (κ2) is 5.77. The fourth-order valence-electron chi connectivity index (χ4n) is 1.54. The molecule has 1 rings (SSSR count). The quantitative estimate of drug-likeness (QED) is 0.500. The van der Waals surface area contributed by atoms with Gasteiger partial charge in [-0.05, 0) is 17.7 Å². The molecule has 17 heavy (non-hydrogen) atoms. The van der Waals surface area contributed by atoms with Crippen LogP contribution in [0.3, 0.4) is 0 Å². The topological polar surface area (TPSA) is 61.6 Å². The Bertz CT molecular complexity index is 422. The third-order valence-corrected chi connectivity index (χ3v) is 3.08. The van der Waals surface area contributed by atoms with Crippen LogP contribution in [0.5, 0.6) is 11.5 Å². The molecule has 0 spiro atoms. The minimum atomic E-state index is -0.419. The first-order chi connectivity index (χ1) is 8.04. The Morgan fingerprint density at radius 3 is 2.29 bits per heavy atom. The number of benzene rings is 1. The highest BCUT2D eigenvalue weighted by molar-refractivity contribution is 7.80. The predicted molar refractivity (Wildman–Crippen MR) is 68.5 cm³/mol. The van der Waals surface area contributed by atoms with Crippen molar-refractivity contribution in [1.29, 1.82) is 0 Å². The summed E-state index contributed by atoms with van der Waals surface area (Å²) < 4.78 is 10.2. The van der Waals surface area contributed by atoms with Crippen LogP contribution >= 0.6 is 12.6 Å². The molecule has 0 N–H and O–H groups in total. The molecule has 94 valence electrons. The molecule has 0 saturated carbocycles. The largest absolute Gasteiger partial charge is 0.493 e. The van der Waals surface area contributed by atoms with Crippen molar-refractivity contribution in [3.8, 4) is 11.5 Å². The van der Waals surface area contributed by atoms with Crippen molar-refractivity contribution in [2.75, 3.05) is 20.0 Å². The SMILES string of the molecule is COc1cc(C(C)CS)c([N+](=O)[O-])cc1OC. The van der Waals surface area contributed by atoms with Crippen molar-refractivity contribution < 1.29 is 14.4 Å².